The van der Waals surface area contributed by atoms with Crippen LogP contribution in [0.4, 0.5) is 10.5 Å². The average Bonchev–Trinajstić information content (AvgIpc) is 2.75. The number of urea groups is 1. The van der Waals surface area contributed by atoms with Crippen molar-refractivity contribution in [3.63, 3.8) is 0 Å². The first-order valence-electron chi connectivity index (χ1n) is 9.83. The second-order valence-corrected chi connectivity index (χ2v) is 8.78. The summed E-state index contributed by atoms with van der Waals surface area (Å²) in [7, 11) is 3.71. The molecule has 0 fully saturated rings. The Bertz CT molecular complexity index is 1080. The smallest absolute Gasteiger partial charge is 0.320 e. The summed E-state index contributed by atoms with van der Waals surface area (Å²) in [5.41, 5.74) is 2.82. The fraction of sp³-hybridized carbons (Fsp3) is 0.174. The average molecular weight is 564 g/mol. The van der Waals surface area contributed by atoms with E-state index in [4.69, 9.17) is 11.6 Å². The van der Waals surface area contributed by atoms with Crippen molar-refractivity contribution in [2.75, 3.05) is 19.4 Å². The van der Waals surface area contributed by atoms with Crippen LogP contribution in [0.3, 0.4) is 0 Å². The van der Waals surface area contributed by atoms with Crippen molar-refractivity contribution in [3.8, 4) is 0 Å². The molecule has 3 amide bonds. The maximum absolute atomic E-state index is 13.2. The van der Waals surface area contributed by atoms with Crippen LogP contribution in [0.1, 0.15) is 18.0 Å². The molecular weight excluding hydrogens is 541 g/mol. The highest BCUT2D eigenvalue weighted by Crippen LogP contribution is 2.22. The van der Waals surface area contributed by atoms with E-state index in [0.717, 1.165) is 9.28 Å². The third-order valence-corrected chi connectivity index (χ3v) is 5.67. The zero-order valence-corrected chi connectivity index (χ0v) is 20.5. The number of rotatable bonds is 6. The first kappa shape index (κ1) is 23.8. The number of hydrogen-bond donors (Lipinski definition) is 3. The Hall–Kier alpha value is -2.85. The van der Waals surface area contributed by atoms with Crippen molar-refractivity contribution in [1.29, 1.82) is 0 Å². The van der Waals surface area contributed by atoms with E-state index in [1.165, 1.54) is 0 Å². The topological polar surface area (TPSA) is 85.8 Å². The molecule has 2 aromatic rings. The molecule has 0 bridgehead atoms. The van der Waals surface area contributed by atoms with E-state index in [-0.39, 0.29) is 5.91 Å². The molecule has 1 atom stereocenters. The van der Waals surface area contributed by atoms with Gasteiger partial charge >= 0.3 is 6.03 Å². The second kappa shape index (κ2) is 11.1. The molecule has 3 rings (SSSR count). The van der Waals surface area contributed by atoms with E-state index in [2.05, 4.69) is 43.6 Å². The van der Waals surface area contributed by atoms with Crippen molar-refractivity contribution >= 4 is 57.5 Å². The summed E-state index contributed by atoms with van der Waals surface area (Å²) in [6, 6.07) is 12.8. The van der Waals surface area contributed by atoms with Gasteiger partial charge < -0.3 is 21.0 Å². The lowest BCUT2D eigenvalue weighted by Gasteiger charge is -2.21. The van der Waals surface area contributed by atoms with Crippen molar-refractivity contribution in [1.82, 2.24) is 15.6 Å². The summed E-state index contributed by atoms with van der Waals surface area (Å²) < 4.78 is 0.866. The number of amides is 3. The van der Waals surface area contributed by atoms with Crippen molar-refractivity contribution in [2.45, 2.75) is 12.5 Å². The zero-order chi connectivity index (χ0) is 23.1. The number of carbonyl (C=O) groups is 2. The Morgan fingerprint density at radius 3 is 2.41 bits per heavy atom. The predicted octanol–water partition coefficient (Wildman–Crippen LogP) is 4.69. The highest BCUT2D eigenvalue weighted by molar-refractivity contribution is 14.1. The first-order chi connectivity index (χ1) is 15.3. The first-order valence-corrected chi connectivity index (χ1v) is 11.3. The second-order valence-electron chi connectivity index (χ2n) is 7.18. The van der Waals surface area contributed by atoms with Gasteiger partial charge in [-0.05, 0) is 70.6 Å². The van der Waals surface area contributed by atoms with Gasteiger partial charge in [0.15, 0.2) is 0 Å². The molecule has 9 heteroatoms. The standard InChI is InChI=1S/C23H23ClIN5O2/c1-30(2)29-18-13-11-16(12-14-18)26-22(31)21(19-5-3-4-6-20(19)25)28-23(32)27-17-9-7-15(24)8-10-17/h3-13,21H,14H2,1-2H3,(H,26,31)(H2,27,28,32). The van der Waals surface area contributed by atoms with Crippen LogP contribution in [0, 0.1) is 3.57 Å². The normalized spacial score (nSPS) is 15.0. The fourth-order valence-corrected chi connectivity index (χ4v) is 3.82. The molecule has 32 heavy (non-hydrogen) atoms. The number of benzene rings is 2. The molecule has 0 aromatic heterocycles. The minimum Gasteiger partial charge on any atom is -0.324 e. The van der Waals surface area contributed by atoms with Crippen LogP contribution in [0.5, 0.6) is 0 Å². The Labute approximate surface area is 205 Å². The fourth-order valence-electron chi connectivity index (χ4n) is 3.00. The van der Waals surface area contributed by atoms with E-state index in [1.54, 1.807) is 35.4 Å². The van der Waals surface area contributed by atoms with Gasteiger partial charge in [-0.2, -0.15) is 5.10 Å². The van der Waals surface area contributed by atoms with Gasteiger partial charge in [0.25, 0.3) is 5.91 Å². The molecular formula is C23H23ClIN5O2. The third-order valence-electron chi connectivity index (χ3n) is 4.44. The number of nitrogens with zero attached hydrogens (tertiary/aromatic N) is 2. The quantitative estimate of drug-likeness (QED) is 0.352. The third kappa shape index (κ3) is 6.83. The van der Waals surface area contributed by atoms with E-state index in [0.29, 0.717) is 28.4 Å². The van der Waals surface area contributed by atoms with Crippen LogP contribution < -0.4 is 16.0 Å². The van der Waals surface area contributed by atoms with Crippen LogP contribution in [-0.4, -0.2) is 36.8 Å². The van der Waals surface area contributed by atoms with Crippen molar-refractivity contribution < 1.29 is 9.59 Å². The minimum absolute atomic E-state index is 0.343. The van der Waals surface area contributed by atoms with Crippen LogP contribution in [-0.2, 0) is 4.79 Å². The van der Waals surface area contributed by atoms with Gasteiger partial charge in [-0.1, -0.05) is 35.9 Å². The molecule has 0 saturated carbocycles. The summed E-state index contributed by atoms with van der Waals surface area (Å²) >= 11 is 8.05. The molecule has 1 aliphatic rings. The van der Waals surface area contributed by atoms with Gasteiger partial charge in [0.05, 0.1) is 5.71 Å². The molecule has 3 N–H and O–H groups in total. The SMILES string of the molecule is CN(C)N=C1C=CC(NC(=O)C(NC(=O)Nc2ccc(Cl)cc2)c2ccccc2I)=CC1. The Balaban J connectivity index is 1.74. The van der Waals surface area contributed by atoms with Gasteiger partial charge in [-0.15, -0.1) is 0 Å². The van der Waals surface area contributed by atoms with Crippen molar-refractivity contribution in [2.24, 2.45) is 5.10 Å². The summed E-state index contributed by atoms with van der Waals surface area (Å²) in [6.07, 6.45) is 6.14. The molecule has 0 radical (unpaired) electrons. The molecule has 0 spiro atoms. The van der Waals surface area contributed by atoms with E-state index in [1.807, 2.05) is 50.5 Å². The largest absolute Gasteiger partial charge is 0.324 e. The molecule has 7 nitrogen and oxygen atoms in total. The molecule has 166 valence electrons. The Kier molecular flexibility index (Phi) is 8.29. The number of allylic oxidation sites excluding steroid dienone is 3. The molecule has 0 saturated heterocycles. The lowest BCUT2D eigenvalue weighted by Crippen LogP contribution is -2.42. The number of anilines is 1. The Morgan fingerprint density at radius 1 is 1.06 bits per heavy atom. The van der Waals surface area contributed by atoms with Crippen LogP contribution in [0.25, 0.3) is 0 Å². The van der Waals surface area contributed by atoms with Gasteiger partial charge in [0.2, 0.25) is 0 Å². The minimum atomic E-state index is -0.887. The van der Waals surface area contributed by atoms with E-state index < -0.39 is 12.1 Å². The molecule has 0 heterocycles. The number of nitrogens with one attached hydrogen (secondary N) is 3. The maximum atomic E-state index is 13.2. The summed E-state index contributed by atoms with van der Waals surface area (Å²) in [4.78, 5) is 25.8. The van der Waals surface area contributed by atoms with Gasteiger partial charge in [-0.3, -0.25) is 4.79 Å². The van der Waals surface area contributed by atoms with Gasteiger partial charge in [0.1, 0.15) is 6.04 Å². The van der Waals surface area contributed by atoms with Gasteiger partial charge in [0, 0.05) is 40.5 Å². The maximum Gasteiger partial charge on any atom is 0.320 e. The summed E-state index contributed by atoms with van der Waals surface area (Å²) in [5.74, 6) is -0.343. The number of hydrazone groups is 1. The molecule has 0 aliphatic heterocycles. The zero-order valence-electron chi connectivity index (χ0n) is 17.6. The number of hydrogen-bond acceptors (Lipinski definition) is 4. The van der Waals surface area contributed by atoms with Crippen LogP contribution >= 0.6 is 34.2 Å². The monoisotopic (exact) mass is 563 g/mol. The van der Waals surface area contributed by atoms with Crippen LogP contribution in [0.15, 0.2) is 77.6 Å². The van der Waals surface area contributed by atoms with Crippen molar-refractivity contribution in [3.05, 3.63) is 86.6 Å². The lowest BCUT2D eigenvalue weighted by molar-refractivity contribution is -0.122. The predicted molar refractivity (Wildman–Crippen MR) is 137 cm³/mol. The Morgan fingerprint density at radius 2 is 1.78 bits per heavy atom. The summed E-state index contributed by atoms with van der Waals surface area (Å²) in [5, 5.41) is 15.1. The molecule has 2 aromatic carbocycles. The highest BCUT2D eigenvalue weighted by atomic mass is 127. The summed E-state index contributed by atoms with van der Waals surface area (Å²) in [6.45, 7) is 0. The van der Waals surface area contributed by atoms with E-state index in [9.17, 15) is 9.59 Å². The lowest BCUT2D eigenvalue weighted by atomic mass is 10.1. The van der Waals surface area contributed by atoms with Gasteiger partial charge in [-0.25, -0.2) is 4.79 Å². The number of carbonyl (C=O) groups excluding carboxylic acids is 2. The number of halogens is 2. The molecule has 1 unspecified atom stereocenters. The van der Waals surface area contributed by atoms with Crippen LogP contribution in [0.2, 0.25) is 5.02 Å². The highest BCUT2D eigenvalue weighted by Gasteiger charge is 2.25. The van der Waals surface area contributed by atoms with E-state index >= 15 is 0 Å². The molecule has 1 aliphatic carbocycles.